The topological polar surface area (TPSA) is 94.0 Å². The molecular formula is C15H20N6O2. The van der Waals surface area contributed by atoms with E-state index in [0.29, 0.717) is 24.4 Å². The molecule has 0 atom stereocenters. The lowest BCUT2D eigenvalue weighted by molar-refractivity contribution is -0.140. The number of tetrazole rings is 1. The molecule has 1 fully saturated rings. The van der Waals surface area contributed by atoms with E-state index in [2.05, 4.69) is 26.2 Å². The number of rotatable bonds is 4. The van der Waals surface area contributed by atoms with E-state index in [-0.39, 0.29) is 5.91 Å². The third-order valence-electron chi connectivity index (χ3n) is 4.19. The van der Waals surface area contributed by atoms with E-state index in [1.54, 1.807) is 11.8 Å². The number of benzene rings is 1. The van der Waals surface area contributed by atoms with Gasteiger partial charge in [-0.3, -0.25) is 4.79 Å². The maximum atomic E-state index is 12.7. The van der Waals surface area contributed by atoms with Crippen LogP contribution in [0.1, 0.15) is 18.7 Å². The number of hydrogen-bond acceptors (Lipinski definition) is 6. The average Bonchev–Trinajstić information content (AvgIpc) is 3.01. The van der Waals surface area contributed by atoms with Gasteiger partial charge >= 0.3 is 0 Å². The van der Waals surface area contributed by atoms with Crippen molar-refractivity contribution in [3.63, 3.8) is 0 Å². The van der Waals surface area contributed by atoms with Crippen molar-refractivity contribution in [3.05, 3.63) is 30.1 Å². The molecule has 2 N–H and O–H groups in total. The van der Waals surface area contributed by atoms with Gasteiger partial charge in [-0.15, -0.1) is 5.10 Å². The van der Waals surface area contributed by atoms with E-state index in [4.69, 9.17) is 4.74 Å². The molecule has 1 aliphatic heterocycles. The number of amides is 1. The van der Waals surface area contributed by atoms with Crippen LogP contribution in [-0.4, -0.2) is 51.9 Å². The van der Waals surface area contributed by atoms with Crippen LogP contribution in [0.2, 0.25) is 0 Å². The van der Waals surface area contributed by atoms with Crippen LogP contribution >= 0.6 is 0 Å². The predicted octanol–water partition coefficient (Wildman–Crippen LogP) is 0.678. The Labute approximate surface area is 134 Å². The Morgan fingerprint density at radius 1 is 1.39 bits per heavy atom. The highest BCUT2D eigenvalue weighted by Gasteiger charge is 2.39. The number of ether oxygens (including phenoxy) is 1. The van der Waals surface area contributed by atoms with Gasteiger partial charge in [0.05, 0.1) is 5.69 Å². The summed E-state index contributed by atoms with van der Waals surface area (Å²) in [7, 11) is 1.59. The summed E-state index contributed by atoms with van der Waals surface area (Å²) in [5.41, 5.74) is 0.714. The van der Waals surface area contributed by atoms with E-state index in [0.717, 1.165) is 18.8 Å². The van der Waals surface area contributed by atoms with Gasteiger partial charge in [0.1, 0.15) is 5.60 Å². The van der Waals surface area contributed by atoms with Crippen molar-refractivity contribution < 1.29 is 9.53 Å². The Morgan fingerprint density at radius 3 is 2.83 bits per heavy atom. The van der Waals surface area contributed by atoms with Gasteiger partial charge in [0.15, 0.2) is 5.82 Å². The number of piperidine rings is 1. The predicted molar refractivity (Wildman–Crippen MR) is 84.4 cm³/mol. The lowest BCUT2D eigenvalue weighted by atomic mass is 9.91. The summed E-state index contributed by atoms with van der Waals surface area (Å²) < 4.78 is 7.16. The quantitative estimate of drug-likeness (QED) is 0.861. The first-order valence-electron chi connectivity index (χ1n) is 7.57. The molecule has 0 aliphatic carbocycles. The van der Waals surface area contributed by atoms with Crippen LogP contribution in [0.5, 0.6) is 0 Å². The summed E-state index contributed by atoms with van der Waals surface area (Å²) in [4.78, 5) is 12.7. The minimum absolute atomic E-state index is 0.118. The van der Waals surface area contributed by atoms with Crippen molar-refractivity contribution in [1.29, 1.82) is 0 Å². The van der Waals surface area contributed by atoms with Gasteiger partial charge in [0, 0.05) is 12.8 Å². The fourth-order valence-corrected chi connectivity index (χ4v) is 2.79. The average molecular weight is 316 g/mol. The van der Waals surface area contributed by atoms with Crippen LogP contribution in [0.15, 0.2) is 24.3 Å². The van der Waals surface area contributed by atoms with Gasteiger partial charge in [0.2, 0.25) is 0 Å². The van der Waals surface area contributed by atoms with Gasteiger partial charge in [0.25, 0.3) is 5.91 Å². The number of anilines is 1. The van der Waals surface area contributed by atoms with E-state index in [1.165, 1.54) is 0 Å². The normalized spacial score (nSPS) is 17.0. The lowest BCUT2D eigenvalue weighted by Crippen LogP contribution is -2.51. The molecule has 3 rings (SSSR count). The van der Waals surface area contributed by atoms with Crippen LogP contribution in [0.4, 0.5) is 5.69 Å². The number of carbonyl (C=O) groups is 1. The summed E-state index contributed by atoms with van der Waals surface area (Å²) in [5, 5.41) is 17.6. The molecule has 2 aromatic rings. The van der Waals surface area contributed by atoms with Gasteiger partial charge in [-0.2, -0.15) is 4.68 Å². The van der Waals surface area contributed by atoms with Gasteiger partial charge in [-0.1, -0.05) is 6.07 Å². The molecule has 0 saturated carbocycles. The van der Waals surface area contributed by atoms with Crippen LogP contribution in [0.25, 0.3) is 5.69 Å². The smallest absolute Gasteiger partial charge is 0.256 e. The van der Waals surface area contributed by atoms with E-state index >= 15 is 0 Å². The molecule has 1 aromatic heterocycles. The third kappa shape index (κ3) is 3.08. The summed E-state index contributed by atoms with van der Waals surface area (Å²) in [6, 6.07) is 7.42. The van der Waals surface area contributed by atoms with Gasteiger partial charge in [-0.25, -0.2) is 0 Å². The first-order chi connectivity index (χ1) is 11.1. The Hall–Kier alpha value is -2.32. The van der Waals surface area contributed by atoms with Gasteiger partial charge < -0.3 is 15.4 Å². The second kappa shape index (κ2) is 6.43. The zero-order chi connectivity index (χ0) is 16.3. The molecule has 0 radical (unpaired) electrons. The van der Waals surface area contributed by atoms with E-state index < -0.39 is 5.60 Å². The third-order valence-corrected chi connectivity index (χ3v) is 4.19. The molecule has 1 aromatic carbocycles. The second-order valence-corrected chi connectivity index (χ2v) is 5.59. The van der Waals surface area contributed by atoms with Crippen LogP contribution in [-0.2, 0) is 9.53 Å². The number of methoxy groups -OCH3 is 1. The fraction of sp³-hybridized carbons (Fsp3) is 0.467. The summed E-state index contributed by atoms with van der Waals surface area (Å²) >= 11 is 0. The van der Waals surface area contributed by atoms with Crippen LogP contribution < -0.4 is 10.6 Å². The Kier molecular flexibility index (Phi) is 4.35. The largest absolute Gasteiger partial charge is 0.368 e. The van der Waals surface area contributed by atoms with Crippen molar-refractivity contribution in [3.8, 4) is 5.69 Å². The molecule has 8 heteroatoms. The zero-order valence-electron chi connectivity index (χ0n) is 13.2. The molecule has 0 spiro atoms. The zero-order valence-corrected chi connectivity index (χ0v) is 13.2. The number of carbonyl (C=O) groups excluding carboxylic acids is 1. The van der Waals surface area contributed by atoms with Gasteiger partial charge in [-0.05, 0) is 61.5 Å². The SMILES string of the molecule is COC1(C(=O)Nc2cccc(-n3nnnc3C)c2)CCNCC1. The summed E-state index contributed by atoms with van der Waals surface area (Å²) in [6.07, 6.45) is 1.31. The molecule has 0 bridgehead atoms. The number of aromatic nitrogens is 4. The molecule has 0 unspecified atom stereocenters. The van der Waals surface area contributed by atoms with Crippen molar-refractivity contribution >= 4 is 11.6 Å². The molecule has 2 heterocycles. The molecule has 23 heavy (non-hydrogen) atoms. The second-order valence-electron chi connectivity index (χ2n) is 5.59. The standard InChI is InChI=1S/C15H20N6O2/c1-11-18-19-20-21(11)13-5-3-4-12(10-13)17-14(22)15(23-2)6-8-16-9-7-15/h3-5,10,16H,6-9H2,1-2H3,(H,17,22). The lowest BCUT2D eigenvalue weighted by Gasteiger charge is -2.34. The number of nitrogens with one attached hydrogen (secondary N) is 2. The Morgan fingerprint density at radius 2 is 2.17 bits per heavy atom. The highest BCUT2D eigenvalue weighted by Crippen LogP contribution is 2.25. The molecule has 1 amide bonds. The monoisotopic (exact) mass is 316 g/mol. The van der Waals surface area contributed by atoms with Crippen molar-refractivity contribution in [2.45, 2.75) is 25.4 Å². The maximum absolute atomic E-state index is 12.7. The highest BCUT2D eigenvalue weighted by atomic mass is 16.5. The summed E-state index contributed by atoms with van der Waals surface area (Å²) in [5.74, 6) is 0.562. The molecule has 122 valence electrons. The van der Waals surface area contributed by atoms with Crippen molar-refractivity contribution in [2.24, 2.45) is 0 Å². The molecule has 8 nitrogen and oxygen atoms in total. The molecule has 1 saturated heterocycles. The van der Waals surface area contributed by atoms with Crippen LogP contribution in [0, 0.1) is 6.92 Å². The minimum Gasteiger partial charge on any atom is -0.368 e. The first-order valence-corrected chi connectivity index (χ1v) is 7.57. The Balaban J connectivity index is 1.80. The number of nitrogens with zero attached hydrogens (tertiary/aromatic N) is 4. The van der Waals surface area contributed by atoms with Crippen LogP contribution in [0.3, 0.4) is 0 Å². The summed E-state index contributed by atoms with van der Waals surface area (Å²) in [6.45, 7) is 3.36. The van der Waals surface area contributed by atoms with E-state index in [9.17, 15) is 4.79 Å². The molecule has 1 aliphatic rings. The minimum atomic E-state index is -0.772. The molecular weight excluding hydrogens is 296 g/mol. The first kappa shape index (κ1) is 15.6. The fourth-order valence-electron chi connectivity index (χ4n) is 2.79. The number of aryl methyl sites for hydroxylation is 1. The van der Waals surface area contributed by atoms with Crippen molar-refractivity contribution in [1.82, 2.24) is 25.5 Å². The highest BCUT2D eigenvalue weighted by molar-refractivity contribution is 5.97. The number of hydrogen-bond donors (Lipinski definition) is 2. The Bertz CT molecular complexity index is 693. The maximum Gasteiger partial charge on any atom is 0.256 e. The van der Waals surface area contributed by atoms with E-state index in [1.807, 2.05) is 31.2 Å². The van der Waals surface area contributed by atoms with Crippen molar-refractivity contribution in [2.75, 3.05) is 25.5 Å².